The highest BCUT2D eigenvalue weighted by atomic mass is 16.8. The first kappa shape index (κ1) is 101. The number of ether oxygens (including phenoxy) is 27. The van der Waals surface area contributed by atoms with E-state index in [-0.39, 0.29) is 0 Å². The summed E-state index contributed by atoms with van der Waals surface area (Å²) >= 11 is 0. The monoisotopic (exact) mass is 1870 g/mol. The minimum absolute atomic E-state index is 0.412. The summed E-state index contributed by atoms with van der Waals surface area (Å²) in [7, 11) is 0. The van der Waals surface area contributed by atoms with Gasteiger partial charge in [0.2, 0.25) is 0 Å². The Balaban J connectivity index is 0.455. The van der Waals surface area contributed by atoms with E-state index in [1.807, 2.05) is 0 Å². The van der Waals surface area contributed by atoms with Gasteiger partial charge >= 0.3 is 0 Å². The van der Waals surface area contributed by atoms with Gasteiger partial charge in [0, 0.05) is 0 Å². The number of aliphatic hydroxyl groups is 30. The van der Waals surface area contributed by atoms with Crippen LogP contribution >= 0.6 is 0 Å². The lowest BCUT2D eigenvalue weighted by Gasteiger charge is -2.46. The molecule has 14 aliphatic heterocycles. The second-order valence-electron chi connectivity index (χ2n) is 32.9. The second kappa shape index (κ2) is 43.6. The molecule has 56 atom stereocenters. The van der Waals surface area contributed by atoms with Gasteiger partial charge in [-0.1, -0.05) is 0 Å². The van der Waals surface area contributed by atoms with Crippen LogP contribution in [0.3, 0.4) is 0 Å². The summed E-state index contributed by atoms with van der Waals surface area (Å²) in [6.45, 7) is -7.98. The number of hydrogen-bond acceptors (Lipinski definition) is 57. The van der Waals surface area contributed by atoms with E-state index in [9.17, 15) is 153 Å². The van der Waals surface area contributed by atoms with E-state index in [1.165, 1.54) is 0 Å². The van der Waals surface area contributed by atoms with Crippen LogP contribution in [0, 0.1) is 0 Å². The van der Waals surface area contributed by atoms with Crippen molar-refractivity contribution in [3.05, 3.63) is 0 Å². The van der Waals surface area contributed by atoms with E-state index < -0.39 is 437 Å². The Hall–Kier alpha value is -2.28. The normalized spacial score (nSPS) is 54.8. The zero-order chi connectivity index (χ0) is 91.3. The van der Waals surface area contributed by atoms with Gasteiger partial charge in [-0.15, -0.1) is 0 Å². The van der Waals surface area contributed by atoms with Crippen LogP contribution in [0.4, 0.5) is 0 Å². The first-order valence-corrected chi connectivity index (χ1v) is 40.9. The number of hydrogen-bond donors (Lipinski definition) is 30. The van der Waals surface area contributed by atoms with Crippen molar-refractivity contribution in [2.75, 3.05) is 92.5 Å². The second-order valence-corrected chi connectivity index (χ2v) is 32.9. The molecule has 0 aromatic rings. The molecule has 127 heavy (non-hydrogen) atoms. The Bertz CT molecular complexity index is 3300. The van der Waals surface area contributed by atoms with Gasteiger partial charge < -0.3 is 281 Å². The number of aliphatic hydroxyl groups excluding tert-OH is 30. The van der Waals surface area contributed by atoms with Crippen LogP contribution in [0.2, 0.25) is 0 Å². The van der Waals surface area contributed by atoms with Crippen LogP contribution < -0.4 is 0 Å². The first-order chi connectivity index (χ1) is 60.4. The maximum atomic E-state index is 11.2. The highest BCUT2D eigenvalue weighted by Gasteiger charge is 2.59. The third-order valence-electron chi connectivity index (χ3n) is 24.2. The molecule has 0 spiro atoms. The van der Waals surface area contributed by atoms with Crippen LogP contribution in [0.25, 0.3) is 0 Å². The molecule has 0 aliphatic carbocycles. The summed E-state index contributed by atoms with van der Waals surface area (Å²) in [5.74, 6) is 0. The molecule has 0 aromatic carbocycles. The molecular formula is C70H114O57. The molecular weight excluding hydrogens is 1750 g/mol. The quantitative estimate of drug-likeness (QED) is 0.0363. The first-order valence-electron chi connectivity index (χ1n) is 40.9. The molecule has 14 aliphatic rings. The summed E-state index contributed by atoms with van der Waals surface area (Å²) in [6, 6.07) is 0. The Morgan fingerprint density at radius 2 is 0.315 bits per heavy atom. The Labute approximate surface area is 716 Å². The van der Waals surface area contributed by atoms with E-state index in [2.05, 4.69) is 0 Å². The fourth-order valence-corrected chi connectivity index (χ4v) is 16.2. The minimum Gasteiger partial charge on any atom is -0.394 e. The highest BCUT2D eigenvalue weighted by Crippen LogP contribution is 2.38. The summed E-state index contributed by atoms with van der Waals surface area (Å²) < 4.78 is 150. The highest BCUT2D eigenvalue weighted by molar-refractivity contribution is 5.00. The maximum Gasteiger partial charge on any atom is 0.187 e. The van der Waals surface area contributed by atoms with Crippen LogP contribution in [-0.2, 0) is 128 Å². The molecule has 14 rings (SSSR count). The van der Waals surface area contributed by atoms with Gasteiger partial charge in [0.25, 0.3) is 0 Å². The average molecular weight is 1870 g/mol. The standard InChI is InChI=1S/C70H114O57/c71-1-16-29(73)54(98)70(114-16)127-56-15(72)2-102-69(55(56)99)126-28-14-113-68(53(97)41(28)85)125-27-13-112-67(52(96)40(27)84)124-26-12-111-66(51(95)39(26)83)123-25-11-110-65(50(94)38(25)82)122-24-10-109-64(49(93)37(24)81)121-23-9-108-63(48(92)36(23)80)120-22-8-107-62(47(91)35(22)79)119-21-7-106-61(46(90)34(21)78)118-20-6-105-60(45(89)33(20)77)117-19-5-104-59(44(88)32(19)76)116-18-4-103-58(43(87)31(18)75)115-17-3-101-57(100)42(86)30(17)74/h15-100H,1-14H2/t15-,16+,17-,18-,19-,20-,21-,22-,23-,24-,25-,26-,27-,28-,29-,30+,31+,32+,33+,34+,35+,36+,37+,38+,39+,40+,41+,42?,43?,44?,45?,46?,47?,48?,49?,50?,51?,52?,53?,54?,55?,56+,57-,58+,59-,60-,61-,62-,63-,64-,65-,66-,67-,68-,69+,70+/m1/s1. The van der Waals surface area contributed by atoms with Crippen LogP contribution in [0.5, 0.6) is 0 Å². The average Bonchev–Trinajstić information content (AvgIpc) is 1.30. The van der Waals surface area contributed by atoms with Crippen LogP contribution in [-0.4, -0.2) is 590 Å². The van der Waals surface area contributed by atoms with Crippen molar-refractivity contribution in [2.24, 2.45) is 0 Å². The molecule has 57 heteroatoms. The molecule has 30 N–H and O–H groups in total. The van der Waals surface area contributed by atoms with Gasteiger partial charge in [0.05, 0.1) is 92.5 Å². The van der Waals surface area contributed by atoms with Crippen molar-refractivity contribution in [1.82, 2.24) is 0 Å². The topological polar surface area (TPSA) is 856 Å². The van der Waals surface area contributed by atoms with E-state index in [1.54, 1.807) is 0 Å². The zero-order valence-electron chi connectivity index (χ0n) is 66.7. The Kier molecular flexibility index (Phi) is 34.6. The third-order valence-corrected chi connectivity index (χ3v) is 24.2. The lowest BCUT2D eigenvalue weighted by Crippen LogP contribution is -2.64. The SMILES string of the molecule is OC[C@@H]1O[C@@H](O[C@@H]2C(O)[C@H](O[C@@H]3CO[C@H](O[C@@H]4CO[C@H](O[C@@H]5CO[C@H](O[C@@H]6CO[C@H](O[C@@H]7CO[C@H](O[C@@H]8CO[C@H](O[C@@H]9CO[C@H](O[C@@H]%10CO[C@H](O[C@@H]%11CO[C@H](O[C@@H]%12CO[C@H](O[C@@H]%13CO[C@@H](O[C@@H]%14CO[C@@H](O)C(O)[C@H]%14O)C(O)[C@H]%13O)C(O)[C@H]%12O)C(O)[C@H]%11O)C(O)[C@H]%10O)C(O)[C@H]9O)C(O)[C@H]8O)C(O)[C@H]7O)C(O)[C@H]6O)C(O)[C@H]5O)C(O)[C@H]4O)C(O)[C@H]3O)OC[C@H]2O)C(O)[C@@H]1O. The Morgan fingerprint density at radius 1 is 0.157 bits per heavy atom. The summed E-state index contributed by atoms with van der Waals surface area (Å²) in [4.78, 5) is 0. The van der Waals surface area contributed by atoms with Crippen molar-refractivity contribution in [3.63, 3.8) is 0 Å². The fourth-order valence-electron chi connectivity index (χ4n) is 16.2. The predicted octanol–water partition coefficient (Wildman–Crippen LogP) is -22.6. The summed E-state index contributed by atoms with van der Waals surface area (Å²) in [6.07, 6.45) is -96.3. The predicted molar refractivity (Wildman–Crippen MR) is 376 cm³/mol. The lowest BCUT2D eigenvalue weighted by molar-refractivity contribution is -0.371. The summed E-state index contributed by atoms with van der Waals surface area (Å²) in [5, 5.41) is 324. The van der Waals surface area contributed by atoms with Gasteiger partial charge in [-0.05, 0) is 0 Å². The maximum absolute atomic E-state index is 11.2. The summed E-state index contributed by atoms with van der Waals surface area (Å²) in [5.41, 5.74) is 0. The van der Waals surface area contributed by atoms with Crippen LogP contribution in [0.15, 0.2) is 0 Å². The molecule has 14 saturated heterocycles. The van der Waals surface area contributed by atoms with Crippen molar-refractivity contribution in [3.8, 4) is 0 Å². The smallest absolute Gasteiger partial charge is 0.187 e. The molecule has 736 valence electrons. The van der Waals surface area contributed by atoms with Crippen molar-refractivity contribution in [2.45, 2.75) is 344 Å². The van der Waals surface area contributed by atoms with E-state index in [0.29, 0.717) is 0 Å². The Morgan fingerprint density at radius 3 is 0.496 bits per heavy atom. The van der Waals surface area contributed by atoms with Gasteiger partial charge in [0.15, 0.2) is 88.1 Å². The van der Waals surface area contributed by atoms with Gasteiger partial charge in [-0.2, -0.15) is 0 Å². The lowest BCUT2D eigenvalue weighted by atomic mass is 10.0. The molecule has 0 saturated carbocycles. The molecule has 14 heterocycles. The van der Waals surface area contributed by atoms with E-state index >= 15 is 0 Å². The third kappa shape index (κ3) is 22.0. The van der Waals surface area contributed by atoms with Gasteiger partial charge in [0.1, 0.15) is 256 Å². The number of rotatable bonds is 27. The fraction of sp³-hybridized carbons (Fsp3) is 1.00. The van der Waals surface area contributed by atoms with E-state index in [4.69, 9.17) is 128 Å². The van der Waals surface area contributed by atoms with Gasteiger partial charge in [-0.25, -0.2) is 0 Å². The molecule has 14 fully saturated rings. The van der Waals surface area contributed by atoms with Crippen molar-refractivity contribution in [1.29, 1.82) is 0 Å². The molecule has 0 radical (unpaired) electrons. The molecule has 0 aromatic heterocycles. The van der Waals surface area contributed by atoms with Crippen LogP contribution in [0.1, 0.15) is 0 Å². The van der Waals surface area contributed by atoms with E-state index in [0.717, 1.165) is 0 Å². The molecule has 0 amide bonds. The molecule has 14 unspecified atom stereocenters. The molecule has 57 nitrogen and oxygen atoms in total. The van der Waals surface area contributed by atoms with Crippen molar-refractivity contribution >= 4 is 0 Å². The zero-order valence-corrected chi connectivity index (χ0v) is 66.7. The van der Waals surface area contributed by atoms with Crippen molar-refractivity contribution < 1.29 is 281 Å². The minimum atomic E-state index is -1.99. The van der Waals surface area contributed by atoms with Gasteiger partial charge in [-0.3, -0.25) is 0 Å². The largest absolute Gasteiger partial charge is 0.394 e. The molecule has 0 bridgehead atoms.